The first-order valence-electron chi connectivity index (χ1n) is 7.80. The van der Waals surface area contributed by atoms with Crippen molar-refractivity contribution in [2.75, 3.05) is 31.1 Å². The Morgan fingerprint density at radius 1 is 1.05 bits per heavy atom. The number of unbranched alkanes of at least 4 members (excludes halogenated alkanes) is 3. The highest BCUT2D eigenvalue weighted by molar-refractivity contribution is 5.48. The summed E-state index contributed by atoms with van der Waals surface area (Å²) in [4.78, 5) is 2.48. The number of nitrogens with zero attached hydrogens (tertiary/aromatic N) is 1. The molecule has 1 rings (SSSR count). The van der Waals surface area contributed by atoms with Crippen LogP contribution in [-0.2, 0) is 0 Å². The van der Waals surface area contributed by atoms with Gasteiger partial charge < -0.3 is 10.2 Å². The van der Waals surface area contributed by atoms with Gasteiger partial charge in [0.1, 0.15) is 0 Å². The molecule has 0 atom stereocenters. The van der Waals surface area contributed by atoms with Crippen LogP contribution in [0.15, 0.2) is 24.3 Å². The van der Waals surface area contributed by atoms with E-state index in [0.29, 0.717) is 0 Å². The Balaban J connectivity index is 2.22. The van der Waals surface area contributed by atoms with Crippen LogP contribution < -0.4 is 10.2 Å². The Kier molecular flexibility index (Phi) is 8.31. The molecule has 0 saturated carbocycles. The number of benzene rings is 1. The molecule has 1 aromatic carbocycles. The summed E-state index contributed by atoms with van der Waals surface area (Å²) in [5, 5.41) is 3.38. The van der Waals surface area contributed by atoms with E-state index < -0.39 is 0 Å². The van der Waals surface area contributed by atoms with E-state index >= 15 is 0 Å². The van der Waals surface area contributed by atoms with Crippen LogP contribution in [0.25, 0.3) is 0 Å². The standard InChI is InChI=1S/C17H30N2/c1-4-18-13-8-6-7-9-14-19(5-2)17-12-10-11-16(3)15-17/h10-12,15,18H,4-9,13-14H2,1-3H3. The van der Waals surface area contributed by atoms with E-state index in [0.717, 1.165) is 13.1 Å². The lowest BCUT2D eigenvalue weighted by molar-refractivity contribution is 0.593. The summed E-state index contributed by atoms with van der Waals surface area (Å²) in [7, 11) is 0. The van der Waals surface area contributed by atoms with Crippen molar-refractivity contribution in [1.82, 2.24) is 5.32 Å². The van der Waals surface area contributed by atoms with Gasteiger partial charge in [-0.05, 0) is 57.5 Å². The normalized spacial score (nSPS) is 10.7. The van der Waals surface area contributed by atoms with Gasteiger partial charge in [0.2, 0.25) is 0 Å². The molecule has 0 heterocycles. The number of aryl methyl sites for hydroxylation is 1. The Morgan fingerprint density at radius 2 is 1.84 bits per heavy atom. The second-order valence-corrected chi connectivity index (χ2v) is 5.19. The predicted molar refractivity (Wildman–Crippen MR) is 86.1 cm³/mol. The van der Waals surface area contributed by atoms with Crippen molar-refractivity contribution in [3.05, 3.63) is 29.8 Å². The lowest BCUT2D eigenvalue weighted by atomic mass is 10.1. The van der Waals surface area contributed by atoms with Gasteiger partial charge in [0.15, 0.2) is 0 Å². The fourth-order valence-corrected chi connectivity index (χ4v) is 2.38. The van der Waals surface area contributed by atoms with Crippen LogP contribution in [0.1, 0.15) is 45.1 Å². The summed E-state index contributed by atoms with van der Waals surface area (Å²) in [5.41, 5.74) is 2.72. The third kappa shape index (κ3) is 6.63. The van der Waals surface area contributed by atoms with Gasteiger partial charge in [0.05, 0.1) is 0 Å². The molecule has 0 fully saturated rings. The number of hydrogen-bond donors (Lipinski definition) is 1. The summed E-state index contributed by atoms with van der Waals surface area (Å²) < 4.78 is 0. The SMILES string of the molecule is CCNCCCCCCN(CC)c1cccc(C)c1. The van der Waals surface area contributed by atoms with Gasteiger partial charge in [-0.15, -0.1) is 0 Å². The van der Waals surface area contributed by atoms with Gasteiger partial charge in [-0.1, -0.05) is 31.9 Å². The second-order valence-electron chi connectivity index (χ2n) is 5.19. The number of nitrogens with one attached hydrogen (secondary N) is 1. The van der Waals surface area contributed by atoms with E-state index in [9.17, 15) is 0 Å². The summed E-state index contributed by atoms with van der Waals surface area (Å²) in [6.07, 6.45) is 5.30. The monoisotopic (exact) mass is 262 g/mol. The van der Waals surface area contributed by atoms with Gasteiger partial charge in [0.25, 0.3) is 0 Å². The molecule has 2 nitrogen and oxygen atoms in total. The lowest BCUT2D eigenvalue weighted by Gasteiger charge is -2.23. The molecule has 0 aliphatic carbocycles. The Morgan fingerprint density at radius 3 is 2.53 bits per heavy atom. The molecule has 0 bridgehead atoms. The number of anilines is 1. The van der Waals surface area contributed by atoms with Crippen molar-refractivity contribution in [3.63, 3.8) is 0 Å². The summed E-state index contributed by atoms with van der Waals surface area (Å²) >= 11 is 0. The maximum atomic E-state index is 3.38. The van der Waals surface area contributed by atoms with Gasteiger partial charge in [0, 0.05) is 18.8 Å². The molecule has 0 aliphatic rings. The highest BCUT2D eigenvalue weighted by Crippen LogP contribution is 2.16. The molecule has 0 spiro atoms. The fraction of sp³-hybridized carbons (Fsp3) is 0.647. The van der Waals surface area contributed by atoms with E-state index in [2.05, 4.69) is 55.3 Å². The maximum absolute atomic E-state index is 3.38. The summed E-state index contributed by atoms with van der Waals surface area (Å²) in [6.45, 7) is 11.1. The Hall–Kier alpha value is -1.02. The maximum Gasteiger partial charge on any atom is 0.0368 e. The number of rotatable bonds is 10. The topological polar surface area (TPSA) is 15.3 Å². The van der Waals surface area contributed by atoms with E-state index in [1.54, 1.807) is 0 Å². The quantitative estimate of drug-likeness (QED) is 0.641. The molecule has 1 N–H and O–H groups in total. The van der Waals surface area contributed by atoms with Gasteiger partial charge in [-0.3, -0.25) is 0 Å². The highest BCUT2D eigenvalue weighted by atomic mass is 15.1. The molecule has 0 aliphatic heterocycles. The molecule has 0 amide bonds. The van der Waals surface area contributed by atoms with E-state index in [1.165, 1.54) is 50.0 Å². The third-order valence-corrected chi connectivity index (χ3v) is 3.53. The largest absolute Gasteiger partial charge is 0.372 e. The van der Waals surface area contributed by atoms with Crippen molar-refractivity contribution in [2.45, 2.75) is 46.5 Å². The zero-order valence-electron chi connectivity index (χ0n) is 12.9. The van der Waals surface area contributed by atoms with Crippen molar-refractivity contribution < 1.29 is 0 Å². The second kappa shape index (κ2) is 9.85. The summed E-state index contributed by atoms with van der Waals surface area (Å²) in [5.74, 6) is 0. The molecule has 19 heavy (non-hydrogen) atoms. The average molecular weight is 262 g/mol. The highest BCUT2D eigenvalue weighted by Gasteiger charge is 2.03. The van der Waals surface area contributed by atoms with Gasteiger partial charge in [-0.25, -0.2) is 0 Å². The first-order chi connectivity index (χ1) is 9.27. The predicted octanol–water partition coefficient (Wildman–Crippen LogP) is 3.99. The molecule has 0 unspecified atom stereocenters. The van der Waals surface area contributed by atoms with Crippen molar-refractivity contribution in [3.8, 4) is 0 Å². The molecule has 0 aromatic heterocycles. The first-order valence-corrected chi connectivity index (χ1v) is 7.80. The van der Waals surface area contributed by atoms with Crippen molar-refractivity contribution in [2.24, 2.45) is 0 Å². The molecule has 2 heteroatoms. The Labute approximate surface area is 119 Å². The molecule has 0 radical (unpaired) electrons. The fourth-order valence-electron chi connectivity index (χ4n) is 2.38. The first kappa shape index (κ1) is 16.0. The minimum atomic E-state index is 1.09. The van der Waals surface area contributed by atoms with Crippen molar-refractivity contribution >= 4 is 5.69 Å². The van der Waals surface area contributed by atoms with E-state index in [1.807, 2.05) is 0 Å². The van der Waals surface area contributed by atoms with Crippen LogP contribution in [0.5, 0.6) is 0 Å². The number of hydrogen-bond acceptors (Lipinski definition) is 2. The van der Waals surface area contributed by atoms with Crippen LogP contribution in [-0.4, -0.2) is 26.2 Å². The Bertz CT molecular complexity index is 336. The van der Waals surface area contributed by atoms with Crippen molar-refractivity contribution in [1.29, 1.82) is 0 Å². The minimum Gasteiger partial charge on any atom is -0.372 e. The third-order valence-electron chi connectivity index (χ3n) is 3.53. The lowest BCUT2D eigenvalue weighted by Crippen LogP contribution is -2.23. The molecule has 108 valence electrons. The molecule has 0 saturated heterocycles. The molecule has 1 aromatic rings. The molecular formula is C17H30N2. The van der Waals surface area contributed by atoms with Crippen LogP contribution in [0.4, 0.5) is 5.69 Å². The zero-order valence-corrected chi connectivity index (χ0v) is 12.9. The van der Waals surface area contributed by atoms with Crippen LogP contribution in [0.2, 0.25) is 0 Å². The van der Waals surface area contributed by atoms with E-state index in [4.69, 9.17) is 0 Å². The van der Waals surface area contributed by atoms with Crippen LogP contribution in [0, 0.1) is 6.92 Å². The van der Waals surface area contributed by atoms with Crippen LogP contribution in [0.3, 0.4) is 0 Å². The summed E-state index contributed by atoms with van der Waals surface area (Å²) in [6, 6.07) is 8.83. The van der Waals surface area contributed by atoms with E-state index in [-0.39, 0.29) is 0 Å². The van der Waals surface area contributed by atoms with Gasteiger partial charge >= 0.3 is 0 Å². The van der Waals surface area contributed by atoms with Crippen LogP contribution >= 0.6 is 0 Å². The smallest absolute Gasteiger partial charge is 0.0368 e. The zero-order chi connectivity index (χ0) is 13.9. The van der Waals surface area contributed by atoms with Gasteiger partial charge in [-0.2, -0.15) is 0 Å². The molecular weight excluding hydrogens is 232 g/mol. The average Bonchev–Trinajstić information content (AvgIpc) is 2.42. The minimum absolute atomic E-state index is 1.09.